The lowest BCUT2D eigenvalue weighted by atomic mass is 10.0. The van der Waals surface area contributed by atoms with Crippen molar-refractivity contribution in [2.45, 2.75) is 44.6 Å². The molecule has 6 nitrogen and oxygen atoms in total. The molecular formula is C24H27N5O. The van der Waals surface area contributed by atoms with Gasteiger partial charge >= 0.3 is 0 Å². The lowest BCUT2D eigenvalue weighted by Crippen LogP contribution is -2.54. The normalized spacial score (nSPS) is 21.4. The molecule has 2 saturated carbocycles. The van der Waals surface area contributed by atoms with Crippen LogP contribution in [-0.4, -0.2) is 46.5 Å². The first-order chi connectivity index (χ1) is 14.5. The first-order valence-corrected chi connectivity index (χ1v) is 10.8. The highest BCUT2D eigenvalue weighted by molar-refractivity contribution is 5.82. The highest BCUT2D eigenvalue weighted by atomic mass is 16.2. The van der Waals surface area contributed by atoms with E-state index in [0.717, 1.165) is 68.0 Å². The topological polar surface area (TPSA) is 75.3 Å². The van der Waals surface area contributed by atoms with Gasteiger partial charge in [-0.05, 0) is 56.4 Å². The van der Waals surface area contributed by atoms with Crippen LogP contribution in [-0.2, 0) is 4.79 Å². The molecule has 3 fully saturated rings. The molecule has 154 valence electrons. The number of nitrogens with zero attached hydrogens (tertiary/aromatic N) is 4. The SMILES string of the molecule is C#Cc1cc(-c2cc(N)c(N3CCN(C(=O)C4CC4)[C@H](C)C3)nc2C2CC2)ccn1. The third kappa shape index (κ3) is 3.49. The van der Waals surface area contributed by atoms with Gasteiger partial charge in [0.2, 0.25) is 5.91 Å². The average Bonchev–Trinajstić information content (AvgIpc) is 3.65. The van der Waals surface area contributed by atoms with Crippen molar-refractivity contribution in [3.8, 4) is 23.5 Å². The van der Waals surface area contributed by atoms with E-state index in [0.29, 0.717) is 23.2 Å². The molecule has 5 rings (SSSR count). The van der Waals surface area contributed by atoms with Gasteiger partial charge in [0.05, 0.1) is 11.4 Å². The van der Waals surface area contributed by atoms with Crippen LogP contribution in [0, 0.1) is 18.3 Å². The van der Waals surface area contributed by atoms with Gasteiger partial charge in [-0.2, -0.15) is 0 Å². The van der Waals surface area contributed by atoms with Crippen LogP contribution in [0.1, 0.15) is 49.9 Å². The third-order valence-corrected chi connectivity index (χ3v) is 6.38. The molecule has 2 aromatic rings. The van der Waals surface area contributed by atoms with Gasteiger partial charge in [0.15, 0.2) is 5.82 Å². The Balaban J connectivity index is 1.44. The Hall–Kier alpha value is -3.07. The predicted octanol–water partition coefficient (Wildman–Crippen LogP) is 3.03. The van der Waals surface area contributed by atoms with Crippen LogP contribution in [0.4, 0.5) is 11.5 Å². The monoisotopic (exact) mass is 401 g/mol. The maximum absolute atomic E-state index is 12.5. The minimum Gasteiger partial charge on any atom is -0.396 e. The molecule has 2 aromatic heterocycles. The van der Waals surface area contributed by atoms with Crippen molar-refractivity contribution in [2.24, 2.45) is 5.92 Å². The van der Waals surface area contributed by atoms with E-state index in [2.05, 4.69) is 22.7 Å². The van der Waals surface area contributed by atoms with Crippen molar-refractivity contribution in [1.29, 1.82) is 0 Å². The largest absolute Gasteiger partial charge is 0.396 e. The van der Waals surface area contributed by atoms with Gasteiger partial charge in [-0.3, -0.25) is 4.79 Å². The number of rotatable bonds is 4. The van der Waals surface area contributed by atoms with Gasteiger partial charge in [0.1, 0.15) is 5.69 Å². The first-order valence-electron chi connectivity index (χ1n) is 10.8. The number of nitrogen functional groups attached to an aromatic ring is 1. The third-order valence-electron chi connectivity index (χ3n) is 6.38. The molecule has 1 amide bonds. The van der Waals surface area contributed by atoms with Crippen LogP contribution in [0.5, 0.6) is 0 Å². The molecule has 2 aliphatic carbocycles. The number of hydrogen-bond acceptors (Lipinski definition) is 5. The zero-order valence-corrected chi connectivity index (χ0v) is 17.3. The number of pyridine rings is 2. The number of carbonyl (C=O) groups excluding carboxylic acids is 1. The van der Waals surface area contributed by atoms with Gasteiger partial charge < -0.3 is 15.5 Å². The van der Waals surface area contributed by atoms with Crippen LogP contribution >= 0.6 is 0 Å². The lowest BCUT2D eigenvalue weighted by molar-refractivity contribution is -0.134. The minimum absolute atomic E-state index is 0.162. The van der Waals surface area contributed by atoms with Crippen molar-refractivity contribution in [1.82, 2.24) is 14.9 Å². The zero-order valence-electron chi connectivity index (χ0n) is 17.3. The molecule has 0 unspecified atom stereocenters. The molecule has 1 saturated heterocycles. The van der Waals surface area contributed by atoms with E-state index in [1.165, 1.54) is 0 Å². The Morgan fingerprint density at radius 1 is 1.23 bits per heavy atom. The van der Waals surface area contributed by atoms with Crippen molar-refractivity contribution in [3.05, 3.63) is 35.8 Å². The second-order valence-electron chi connectivity index (χ2n) is 8.78. The Kier molecular flexibility index (Phi) is 4.62. The van der Waals surface area contributed by atoms with Gasteiger partial charge in [-0.15, -0.1) is 6.42 Å². The highest BCUT2D eigenvalue weighted by Gasteiger charge is 2.38. The number of carbonyl (C=O) groups is 1. The van der Waals surface area contributed by atoms with E-state index in [1.807, 2.05) is 23.1 Å². The van der Waals surface area contributed by atoms with Crippen LogP contribution in [0.3, 0.4) is 0 Å². The van der Waals surface area contributed by atoms with E-state index in [4.69, 9.17) is 17.1 Å². The maximum Gasteiger partial charge on any atom is 0.226 e. The Labute approximate surface area is 177 Å². The quantitative estimate of drug-likeness (QED) is 0.797. The summed E-state index contributed by atoms with van der Waals surface area (Å²) in [7, 11) is 0. The summed E-state index contributed by atoms with van der Waals surface area (Å²) in [6.45, 7) is 4.38. The van der Waals surface area contributed by atoms with Crippen molar-refractivity contribution >= 4 is 17.4 Å². The van der Waals surface area contributed by atoms with Crippen LogP contribution < -0.4 is 10.6 Å². The predicted molar refractivity (Wildman–Crippen MR) is 118 cm³/mol. The smallest absolute Gasteiger partial charge is 0.226 e. The number of hydrogen-bond donors (Lipinski definition) is 1. The van der Waals surface area contributed by atoms with E-state index in [9.17, 15) is 4.79 Å². The summed E-state index contributed by atoms with van der Waals surface area (Å²) in [6.07, 6.45) is 11.7. The summed E-state index contributed by atoms with van der Waals surface area (Å²) in [5, 5.41) is 0. The average molecular weight is 402 g/mol. The summed E-state index contributed by atoms with van der Waals surface area (Å²) >= 11 is 0. The molecule has 6 heteroatoms. The highest BCUT2D eigenvalue weighted by Crippen LogP contribution is 2.45. The van der Waals surface area contributed by atoms with Crippen LogP contribution in [0.15, 0.2) is 24.4 Å². The number of terminal acetylenes is 1. The summed E-state index contributed by atoms with van der Waals surface area (Å²) in [6, 6.07) is 6.09. The molecule has 0 bridgehead atoms. The second-order valence-corrected chi connectivity index (χ2v) is 8.78. The maximum atomic E-state index is 12.5. The Morgan fingerprint density at radius 3 is 2.70 bits per heavy atom. The van der Waals surface area contributed by atoms with Crippen molar-refractivity contribution in [2.75, 3.05) is 30.3 Å². The standard InChI is InChI=1S/C24H27N5O/c1-3-19-12-18(8-9-26-19)20-13-21(25)23(27-22(20)16-4-5-16)28-10-11-29(15(2)14-28)24(30)17-6-7-17/h1,8-9,12-13,15-17H,4-7,10-11,14,25H2,2H3/t15-/m1/s1. The first kappa shape index (κ1) is 18.9. The number of amides is 1. The van der Waals surface area contributed by atoms with Gasteiger partial charge in [0, 0.05) is 49.3 Å². The van der Waals surface area contributed by atoms with Crippen LogP contribution in [0.2, 0.25) is 0 Å². The second kappa shape index (κ2) is 7.32. The summed E-state index contributed by atoms with van der Waals surface area (Å²) < 4.78 is 0. The Morgan fingerprint density at radius 2 is 2.03 bits per heavy atom. The molecule has 30 heavy (non-hydrogen) atoms. The number of aromatic nitrogens is 2. The summed E-state index contributed by atoms with van der Waals surface area (Å²) in [5.74, 6) is 4.50. The molecule has 1 aliphatic heterocycles. The molecular weight excluding hydrogens is 374 g/mol. The van der Waals surface area contributed by atoms with Gasteiger partial charge in [-0.25, -0.2) is 9.97 Å². The number of anilines is 2. The molecule has 0 spiro atoms. The fourth-order valence-electron chi connectivity index (χ4n) is 4.40. The molecule has 1 atom stereocenters. The van der Waals surface area contributed by atoms with E-state index >= 15 is 0 Å². The van der Waals surface area contributed by atoms with Crippen molar-refractivity contribution in [3.63, 3.8) is 0 Å². The van der Waals surface area contributed by atoms with Crippen molar-refractivity contribution < 1.29 is 4.79 Å². The molecule has 3 aliphatic rings. The Bertz CT molecular complexity index is 1030. The lowest BCUT2D eigenvalue weighted by Gasteiger charge is -2.41. The van der Waals surface area contributed by atoms with Gasteiger partial charge in [-0.1, -0.05) is 5.92 Å². The van der Waals surface area contributed by atoms with Gasteiger partial charge in [0.25, 0.3) is 0 Å². The van der Waals surface area contributed by atoms with Crippen LogP contribution in [0.25, 0.3) is 11.1 Å². The summed E-state index contributed by atoms with van der Waals surface area (Å²) in [5.41, 5.74) is 10.9. The summed E-state index contributed by atoms with van der Waals surface area (Å²) in [4.78, 5) is 26.1. The zero-order chi connectivity index (χ0) is 20.8. The van der Waals surface area contributed by atoms with E-state index in [-0.39, 0.29) is 12.0 Å². The molecule has 0 radical (unpaired) electrons. The fraction of sp³-hybridized carbons (Fsp3) is 0.458. The van der Waals surface area contributed by atoms with E-state index in [1.54, 1.807) is 6.20 Å². The molecule has 0 aromatic carbocycles. The number of nitrogens with two attached hydrogens (primary N) is 1. The molecule has 3 heterocycles. The molecule has 2 N–H and O–H groups in total. The van der Waals surface area contributed by atoms with E-state index < -0.39 is 0 Å². The fourth-order valence-corrected chi connectivity index (χ4v) is 4.40. The number of piperazine rings is 1. The minimum atomic E-state index is 0.162.